The molecule has 0 saturated carbocycles. The number of amides is 2. The van der Waals surface area contributed by atoms with E-state index in [9.17, 15) is 9.59 Å². The zero-order valence-electron chi connectivity index (χ0n) is 18.8. The molecular formula is C24H30N2O5S. The summed E-state index contributed by atoms with van der Waals surface area (Å²) in [5, 5.41) is 6.49. The van der Waals surface area contributed by atoms with Gasteiger partial charge in [-0.05, 0) is 61.4 Å². The molecule has 172 valence electrons. The van der Waals surface area contributed by atoms with Gasteiger partial charge in [0, 0.05) is 37.3 Å². The second-order valence-electron chi connectivity index (χ2n) is 7.49. The molecule has 2 amide bonds. The Morgan fingerprint density at radius 3 is 2.47 bits per heavy atom. The molecule has 0 bridgehead atoms. The van der Waals surface area contributed by atoms with Crippen molar-refractivity contribution in [2.75, 3.05) is 39.8 Å². The Morgan fingerprint density at radius 1 is 1.06 bits per heavy atom. The molecule has 8 heteroatoms. The third-order valence-corrected chi connectivity index (χ3v) is 6.45. The topological polar surface area (TPSA) is 85.9 Å². The van der Waals surface area contributed by atoms with Gasteiger partial charge in [-0.25, -0.2) is 0 Å². The van der Waals surface area contributed by atoms with Gasteiger partial charge >= 0.3 is 0 Å². The van der Waals surface area contributed by atoms with Gasteiger partial charge in [-0.3, -0.25) is 9.59 Å². The first kappa shape index (κ1) is 23.8. The van der Waals surface area contributed by atoms with Gasteiger partial charge in [-0.1, -0.05) is 0 Å². The van der Waals surface area contributed by atoms with Crippen molar-refractivity contribution in [3.8, 4) is 11.5 Å². The average Bonchev–Trinajstić information content (AvgIpc) is 3.17. The molecule has 1 aliphatic rings. The minimum absolute atomic E-state index is 0.141. The summed E-state index contributed by atoms with van der Waals surface area (Å²) in [7, 11) is 4.80. The van der Waals surface area contributed by atoms with E-state index in [2.05, 4.69) is 10.6 Å². The summed E-state index contributed by atoms with van der Waals surface area (Å²) >= 11 is 1.50. The molecule has 0 saturated heterocycles. The summed E-state index contributed by atoms with van der Waals surface area (Å²) in [6.45, 7) is 1.12. The Labute approximate surface area is 192 Å². The van der Waals surface area contributed by atoms with Crippen molar-refractivity contribution in [2.24, 2.45) is 0 Å². The summed E-state index contributed by atoms with van der Waals surface area (Å²) in [5.74, 6) is 0.849. The Kier molecular flexibility index (Phi) is 8.70. The number of carbonyl (C=O) groups is 2. The highest BCUT2D eigenvalue weighted by atomic mass is 32.1. The van der Waals surface area contributed by atoms with Crippen LogP contribution in [0.4, 0.5) is 5.00 Å². The van der Waals surface area contributed by atoms with Crippen molar-refractivity contribution in [3.05, 3.63) is 45.8 Å². The number of fused-ring (bicyclic) bond motifs is 1. The normalized spacial score (nSPS) is 13.0. The smallest absolute Gasteiger partial charge is 0.254 e. The lowest BCUT2D eigenvalue weighted by molar-refractivity contribution is -0.111. The van der Waals surface area contributed by atoms with E-state index in [1.165, 1.54) is 22.3 Å². The molecular weight excluding hydrogens is 428 g/mol. The summed E-state index contributed by atoms with van der Waals surface area (Å²) in [4.78, 5) is 26.8. The fraction of sp³-hybridized carbons (Fsp3) is 0.417. The lowest BCUT2D eigenvalue weighted by Gasteiger charge is -2.13. The van der Waals surface area contributed by atoms with Crippen molar-refractivity contribution in [2.45, 2.75) is 32.1 Å². The maximum Gasteiger partial charge on any atom is 0.254 e. The maximum absolute atomic E-state index is 12.9. The standard InChI is InChI=1S/C24H30N2O5S/c1-29-12-6-11-25-23(28)22-19-7-4-5-8-20(19)32-24(22)26-21(27)10-9-16-13-17(30-2)15-18(14-16)31-3/h9-10,13-15H,4-8,11-12H2,1-3H3,(H,25,28)(H,26,27)/b10-9+. The number of benzene rings is 1. The number of nitrogens with one attached hydrogen (secondary N) is 2. The van der Waals surface area contributed by atoms with Crippen LogP contribution in [-0.4, -0.2) is 46.3 Å². The molecule has 0 fully saturated rings. The Hall–Kier alpha value is -2.84. The highest BCUT2D eigenvalue weighted by Crippen LogP contribution is 2.38. The third kappa shape index (κ3) is 6.11. The fourth-order valence-electron chi connectivity index (χ4n) is 3.65. The molecule has 1 heterocycles. The zero-order chi connectivity index (χ0) is 22.9. The van der Waals surface area contributed by atoms with Crippen LogP contribution >= 0.6 is 11.3 Å². The molecule has 0 radical (unpaired) electrons. The molecule has 0 aliphatic heterocycles. The first-order valence-electron chi connectivity index (χ1n) is 10.7. The van der Waals surface area contributed by atoms with Gasteiger partial charge in [0.2, 0.25) is 5.91 Å². The Bertz CT molecular complexity index is 961. The first-order valence-corrected chi connectivity index (χ1v) is 11.5. The van der Waals surface area contributed by atoms with Crippen LogP contribution < -0.4 is 20.1 Å². The zero-order valence-corrected chi connectivity index (χ0v) is 19.6. The van der Waals surface area contributed by atoms with Crippen molar-refractivity contribution in [1.82, 2.24) is 5.32 Å². The van der Waals surface area contributed by atoms with Gasteiger partial charge in [0.05, 0.1) is 19.8 Å². The highest BCUT2D eigenvalue weighted by Gasteiger charge is 2.25. The van der Waals surface area contributed by atoms with Gasteiger partial charge in [-0.2, -0.15) is 0 Å². The molecule has 0 atom stereocenters. The van der Waals surface area contributed by atoms with Gasteiger partial charge in [-0.15, -0.1) is 11.3 Å². The number of hydrogen-bond acceptors (Lipinski definition) is 6. The molecule has 32 heavy (non-hydrogen) atoms. The van der Waals surface area contributed by atoms with E-state index in [-0.39, 0.29) is 11.8 Å². The van der Waals surface area contributed by atoms with E-state index in [4.69, 9.17) is 14.2 Å². The lowest BCUT2D eigenvalue weighted by atomic mass is 9.95. The minimum Gasteiger partial charge on any atom is -0.497 e. The number of carbonyl (C=O) groups excluding carboxylic acids is 2. The second-order valence-corrected chi connectivity index (χ2v) is 8.59. The van der Waals surface area contributed by atoms with E-state index in [1.54, 1.807) is 33.5 Å². The number of methoxy groups -OCH3 is 3. The SMILES string of the molecule is COCCCNC(=O)c1c(NC(=O)/C=C/c2cc(OC)cc(OC)c2)sc2c1CCCC2. The van der Waals surface area contributed by atoms with E-state index in [0.717, 1.165) is 43.2 Å². The van der Waals surface area contributed by atoms with Gasteiger partial charge < -0.3 is 24.8 Å². The monoisotopic (exact) mass is 458 g/mol. The predicted molar refractivity (Wildman–Crippen MR) is 127 cm³/mol. The number of anilines is 1. The largest absolute Gasteiger partial charge is 0.497 e. The number of thiophene rings is 1. The third-order valence-electron chi connectivity index (χ3n) is 5.25. The minimum atomic E-state index is -0.293. The van der Waals surface area contributed by atoms with Crippen LogP contribution in [0.5, 0.6) is 11.5 Å². The molecule has 1 aromatic carbocycles. The van der Waals surface area contributed by atoms with E-state index in [0.29, 0.717) is 35.2 Å². The van der Waals surface area contributed by atoms with Crippen LogP contribution in [0.1, 0.15) is 45.6 Å². The number of ether oxygens (including phenoxy) is 3. The molecule has 2 aromatic rings. The summed E-state index contributed by atoms with van der Waals surface area (Å²) in [6.07, 6.45) is 7.85. The molecule has 3 rings (SSSR count). The maximum atomic E-state index is 12.9. The molecule has 2 N–H and O–H groups in total. The van der Waals surface area contributed by atoms with Crippen molar-refractivity contribution >= 4 is 34.2 Å². The van der Waals surface area contributed by atoms with Crippen LogP contribution in [0.3, 0.4) is 0 Å². The van der Waals surface area contributed by atoms with E-state index >= 15 is 0 Å². The first-order chi connectivity index (χ1) is 15.5. The Balaban J connectivity index is 1.76. The van der Waals surface area contributed by atoms with Crippen LogP contribution in [0.2, 0.25) is 0 Å². The Morgan fingerprint density at radius 2 is 1.78 bits per heavy atom. The summed E-state index contributed by atoms with van der Waals surface area (Å²) < 4.78 is 15.6. The van der Waals surface area contributed by atoms with Crippen molar-refractivity contribution < 1.29 is 23.8 Å². The van der Waals surface area contributed by atoms with Crippen LogP contribution in [-0.2, 0) is 22.4 Å². The predicted octanol–water partition coefficient (Wildman–Crippen LogP) is 4.06. The number of hydrogen-bond donors (Lipinski definition) is 2. The average molecular weight is 459 g/mol. The van der Waals surface area contributed by atoms with E-state index < -0.39 is 0 Å². The van der Waals surface area contributed by atoms with Crippen LogP contribution in [0.15, 0.2) is 24.3 Å². The lowest BCUT2D eigenvalue weighted by Crippen LogP contribution is -2.27. The number of aryl methyl sites for hydroxylation is 1. The van der Waals surface area contributed by atoms with Crippen LogP contribution in [0, 0.1) is 0 Å². The van der Waals surface area contributed by atoms with Crippen LogP contribution in [0.25, 0.3) is 6.08 Å². The van der Waals surface area contributed by atoms with Gasteiger partial charge in [0.1, 0.15) is 16.5 Å². The molecule has 0 spiro atoms. The number of rotatable bonds is 10. The molecule has 7 nitrogen and oxygen atoms in total. The molecule has 1 aromatic heterocycles. The summed E-state index contributed by atoms with van der Waals surface area (Å²) in [6, 6.07) is 5.40. The highest BCUT2D eigenvalue weighted by molar-refractivity contribution is 7.17. The van der Waals surface area contributed by atoms with E-state index in [1.807, 2.05) is 12.1 Å². The molecule has 1 aliphatic carbocycles. The van der Waals surface area contributed by atoms with Gasteiger partial charge in [0.15, 0.2) is 0 Å². The molecule has 0 unspecified atom stereocenters. The quantitative estimate of drug-likeness (QED) is 0.414. The van der Waals surface area contributed by atoms with Crippen molar-refractivity contribution in [1.29, 1.82) is 0 Å². The summed E-state index contributed by atoms with van der Waals surface area (Å²) in [5.41, 5.74) is 2.45. The van der Waals surface area contributed by atoms with Gasteiger partial charge in [0.25, 0.3) is 5.91 Å². The second kappa shape index (κ2) is 11.7. The fourth-order valence-corrected chi connectivity index (χ4v) is 4.94. The van der Waals surface area contributed by atoms with Crippen molar-refractivity contribution in [3.63, 3.8) is 0 Å².